The molecule has 3 N–H and O–H groups in total. The molecule has 19 heavy (non-hydrogen) atoms. The molecule has 0 aliphatic carbocycles. The molecule has 98 valence electrons. The lowest BCUT2D eigenvalue weighted by Crippen LogP contribution is -2.15. The molecule has 0 radical (unpaired) electrons. The highest BCUT2D eigenvalue weighted by atomic mass is 127. The third-order valence-electron chi connectivity index (χ3n) is 2.41. The van der Waals surface area contributed by atoms with Crippen molar-refractivity contribution >= 4 is 39.9 Å². The summed E-state index contributed by atoms with van der Waals surface area (Å²) in [4.78, 5) is 11.9. The van der Waals surface area contributed by atoms with Crippen LogP contribution in [0.3, 0.4) is 0 Å². The van der Waals surface area contributed by atoms with Crippen molar-refractivity contribution in [3.05, 3.63) is 57.2 Å². The quantitative estimate of drug-likeness (QED) is 0.626. The minimum absolute atomic E-state index is 0.153. The number of nitrogens with two attached hydrogens (primary N) is 1. The molecule has 3 nitrogen and oxygen atoms in total. The van der Waals surface area contributed by atoms with Gasteiger partial charge in [0, 0.05) is 9.26 Å². The van der Waals surface area contributed by atoms with E-state index in [1.165, 1.54) is 30.3 Å². The Morgan fingerprint density at radius 1 is 1.16 bits per heavy atom. The number of nitrogens with one attached hydrogen (secondary N) is 1. The smallest absolute Gasteiger partial charge is 0.258 e. The largest absolute Gasteiger partial charge is 0.399 e. The fourth-order valence-electron chi connectivity index (χ4n) is 1.50. The molecule has 0 aliphatic heterocycles. The molecular formula is C13H9F2IN2O. The molecule has 0 bridgehead atoms. The third kappa shape index (κ3) is 3.19. The van der Waals surface area contributed by atoms with Crippen LogP contribution >= 0.6 is 22.6 Å². The van der Waals surface area contributed by atoms with Crippen molar-refractivity contribution in [2.75, 3.05) is 11.1 Å². The van der Waals surface area contributed by atoms with Gasteiger partial charge in [-0.05, 0) is 59.0 Å². The number of benzene rings is 2. The maximum atomic E-state index is 13.5. The Balaban J connectivity index is 2.28. The summed E-state index contributed by atoms with van der Waals surface area (Å²) in [6.45, 7) is 0. The summed E-state index contributed by atoms with van der Waals surface area (Å²) < 4.78 is 27.0. The zero-order valence-corrected chi connectivity index (χ0v) is 11.7. The van der Waals surface area contributed by atoms with E-state index >= 15 is 0 Å². The average Bonchev–Trinajstić information content (AvgIpc) is 2.35. The van der Waals surface area contributed by atoms with Crippen molar-refractivity contribution in [2.24, 2.45) is 0 Å². The number of anilines is 2. The van der Waals surface area contributed by atoms with E-state index in [2.05, 4.69) is 5.32 Å². The third-order valence-corrected chi connectivity index (χ3v) is 3.31. The van der Waals surface area contributed by atoms with E-state index in [-0.39, 0.29) is 5.56 Å². The molecule has 0 aliphatic rings. The van der Waals surface area contributed by atoms with Crippen molar-refractivity contribution < 1.29 is 13.6 Å². The van der Waals surface area contributed by atoms with Crippen LogP contribution in [-0.2, 0) is 0 Å². The van der Waals surface area contributed by atoms with Gasteiger partial charge in [-0.25, -0.2) is 8.78 Å². The number of amides is 1. The normalized spacial score (nSPS) is 10.3. The zero-order chi connectivity index (χ0) is 14.0. The minimum Gasteiger partial charge on any atom is -0.399 e. The van der Waals surface area contributed by atoms with Gasteiger partial charge >= 0.3 is 0 Å². The number of hydrogen-bond donors (Lipinski definition) is 2. The Labute approximate surface area is 121 Å². The molecule has 2 aromatic rings. The number of nitrogen functional groups attached to an aromatic ring is 1. The number of halogens is 3. The molecule has 0 aromatic heterocycles. The predicted molar refractivity (Wildman–Crippen MR) is 77.9 cm³/mol. The SMILES string of the molecule is Nc1ccc(F)c(C(=O)Nc2ccc(F)cc2I)c1. The first-order valence-electron chi connectivity index (χ1n) is 5.29. The summed E-state index contributed by atoms with van der Waals surface area (Å²) >= 11 is 1.88. The fraction of sp³-hybridized carbons (Fsp3) is 0. The predicted octanol–water partition coefficient (Wildman–Crippen LogP) is 3.40. The molecule has 0 fully saturated rings. The summed E-state index contributed by atoms with van der Waals surface area (Å²) in [5.41, 5.74) is 6.06. The molecule has 0 atom stereocenters. The summed E-state index contributed by atoms with van der Waals surface area (Å²) in [6, 6.07) is 7.65. The summed E-state index contributed by atoms with van der Waals surface area (Å²) in [5.74, 6) is -1.70. The number of carbonyl (C=O) groups is 1. The van der Waals surface area contributed by atoms with Crippen LogP contribution < -0.4 is 11.1 Å². The van der Waals surface area contributed by atoms with Crippen LogP contribution in [0.2, 0.25) is 0 Å². The van der Waals surface area contributed by atoms with E-state index < -0.39 is 17.5 Å². The van der Waals surface area contributed by atoms with Crippen LogP contribution in [0.15, 0.2) is 36.4 Å². The van der Waals surface area contributed by atoms with E-state index in [0.29, 0.717) is 14.9 Å². The van der Waals surface area contributed by atoms with Crippen molar-refractivity contribution in [3.8, 4) is 0 Å². The standard InChI is InChI=1S/C13H9F2IN2O/c14-7-1-4-12(11(16)5-7)18-13(19)9-6-8(17)2-3-10(9)15/h1-6H,17H2,(H,18,19). The molecule has 0 saturated heterocycles. The van der Waals surface area contributed by atoms with Crippen molar-refractivity contribution in [1.82, 2.24) is 0 Å². The van der Waals surface area contributed by atoms with E-state index in [1.54, 1.807) is 0 Å². The highest BCUT2D eigenvalue weighted by molar-refractivity contribution is 14.1. The fourth-order valence-corrected chi connectivity index (χ4v) is 2.11. The van der Waals surface area contributed by atoms with Gasteiger partial charge in [-0.3, -0.25) is 4.79 Å². The average molecular weight is 374 g/mol. The van der Waals surface area contributed by atoms with Crippen LogP contribution in [-0.4, -0.2) is 5.91 Å². The first-order valence-corrected chi connectivity index (χ1v) is 6.36. The van der Waals surface area contributed by atoms with Gasteiger partial charge in [0.2, 0.25) is 0 Å². The van der Waals surface area contributed by atoms with E-state index in [1.807, 2.05) is 22.6 Å². The first kappa shape index (κ1) is 13.7. The highest BCUT2D eigenvalue weighted by Gasteiger charge is 2.13. The summed E-state index contributed by atoms with van der Waals surface area (Å²) in [7, 11) is 0. The monoisotopic (exact) mass is 374 g/mol. The second-order valence-electron chi connectivity index (χ2n) is 3.82. The van der Waals surface area contributed by atoms with Gasteiger partial charge in [0.05, 0.1) is 11.3 Å². The molecule has 0 spiro atoms. The van der Waals surface area contributed by atoms with Gasteiger partial charge in [-0.15, -0.1) is 0 Å². The van der Waals surface area contributed by atoms with Gasteiger partial charge in [-0.1, -0.05) is 0 Å². The van der Waals surface area contributed by atoms with Crippen molar-refractivity contribution in [2.45, 2.75) is 0 Å². The van der Waals surface area contributed by atoms with Gasteiger partial charge in [0.1, 0.15) is 11.6 Å². The van der Waals surface area contributed by atoms with Crippen molar-refractivity contribution in [1.29, 1.82) is 0 Å². The second kappa shape index (κ2) is 5.52. The number of rotatable bonds is 2. The molecule has 2 aromatic carbocycles. The molecule has 2 rings (SSSR count). The highest BCUT2D eigenvalue weighted by Crippen LogP contribution is 2.21. The van der Waals surface area contributed by atoms with Gasteiger partial charge in [0.15, 0.2) is 0 Å². The molecular weight excluding hydrogens is 365 g/mol. The van der Waals surface area contributed by atoms with Crippen LogP contribution in [0.5, 0.6) is 0 Å². The molecule has 0 unspecified atom stereocenters. The maximum Gasteiger partial charge on any atom is 0.258 e. The Morgan fingerprint density at radius 3 is 2.58 bits per heavy atom. The zero-order valence-electron chi connectivity index (χ0n) is 9.58. The van der Waals surface area contributed by atoms with Crippen LogP contribution in [0.25, 0.3) is 0 Å². The van der Waals surface area contributed by atoms with Gasteiger partial charge in [-0.2, -0.15) is 0 Å². The van der Waals surface area contributed by atoms with Crippen molar-refractivity contribution in [3.63, 3.8) is 0 Å². The lowest BCUT2D eigenvalue weighted by molar-refractivity contribution is 0.102. The summed E-state index contributed by atoms with van der Waals surface area (Å²) in [5, 5.41) is 2.51. The minimum atomic E-state index is -0.663. The Hall–Kier alpha value is -1.70. The second-order valence-corrected chi connectivity index (χ2v) is 4.98. The van der Waals surface area contributed by atoms with E-state index in [9.17, 15) is 13.6 Å². The topological polar surface area (TPSA) is 55.1 Å². The molecule has 0 saturated carbocycles. The maximum absolute atomic E-state index is 13.5. The van der Waals surface area contributed by atoms with Gasteiger partial charge < -0.3 is 11.1 Å². The van der Waals surface area contributed by atoms with Crippen LogP contribution in [0, 0.1) is 15.2 Å². The Bertz CT molecular complexity index is 647. The Morgan fingerprint density at radius 2 is 1.89 bits per heavy atom. The molecule has 6 heteroatoms. The lowest BCUT2D eigenvalue weighted by atomic mass is 10.1. The molecule has 1 amide bonds. The summed E-state index contributed by atoms with van der Waals surface area (Å²) in [6.07, 6.45) is 0. The van der Waals surface area contributed by atoms with E-state index in [0.717, 1.165) is 6.07 Å². The van der Waals surface area contributed by atoms with Crippen LogP contribution in [0.4, 0.5) is 20.2 Å². The van der Waals surface area contributed by atoms with Crippen LogP contribution in [0.1, 0.15) is 10.4 Å². The first-order chi connectivity index (χ1) is 8.97. The number of carbonyl (C=O) groups excluding carboxylic acids is 1. The Kier molecular flexibility index (Phi) is 3.98. The number of hydrogen-bond acceptors (Lipinski definition) is 2. The van der Waals surface area contributed by atoms with E-state index in [4.69, 9.17) is 5.73 Å². The van der Waals surface area contributed by atoms with Gasteiger partial charge in [0.25, 0.3) is 5.91 Å². The molecule has 0 heterocycles. The lowest BCUT2D eigenvalue weighted by Gasteiger charge is -2.08.